The van der Waals surface area contributed by atoms with Crippen LogP contribution in [0.25, 0.3) is 0 Å². The van der Waals surface area contributed by atoms with Crippen molar-refractivity contribution in [2.45, 2.75) is 6.54 Å². The predicted octanol–water partition coefficient (Wildman–Crippen LogP) is 3.26. The maximum Gasteiger partial charge on any atom is 0.323 e. The summed E-state index contributed by atoms with van der Waals surface area (Å²) in [4.78, 5) is 12.7. The van der Waals surface area contributed by atoms with Crippen LogP contribution in [0.15, 0.2) is 46.9 Å². The summed E-state index contributed by atoms with van der Waals surface area (Å²) in [6.45, 7) is 0.111. The Morgan fingerprint density at radius 1 is 1.29 bits per heavy atom. The van der Waals surface area contributed by atoms with Gasteiger partial charge >= 0.3 is 5.97 Å². The number of carbonyl (C=O) groups is 1. The molecule has 21 heavy (non-hydrogen) atoms. The summed E-state index contributed by atoms with van der Waals surface area (Å²) in [5, 5.41) is 9.07. The first-order valence-electron chi connectivity index (χ1n) is 6.22. The van der Waals surface area contributed by atoms with Crippen molar-refractivity contribution in [2.75, 3.05) is 17.2 Å². The lowest BCUT2D eigenvalue weighted by Crippen LogP contribution is -2.30. The maximum atomic E-state index is 13.1. The van der Waals surface area contributed by atoms with Crippen LogP contribution in [-0.2, 0) is 11.3 Å². The van der Waals surface area contributed by atoms with Crippen molar-refractivity contribution < 1.29 is 14.3 Å². The molecule has 0 aliphatic carbocycles. The van der Waals surface area contributed by atoms with Gasteiger partial charge in [-0.05, 0) is 29.8 Å². The molecule has 0 aromatic heterocycles. The molecule has 110 valence electrons. The predicted molar refractivity (Wildman–Crippen MR) is 83.6 cm³/mol. The Morgan fingerprint density at radius 2 is 2.00 bits per heavy atom. The van der Waals surface area contributed by atoms with Crippen LogP contribution >= 0.6 is 15.9 Å². The van der Waals surface area contributed by atoms with Gasteiger partial charge in [-0.25, -0.2) is 4.39 Å². The second kappa shape index (κ2) is 6.58. The molecule has 2 aromatic rings. The highest BCUT2D eigenvalue weighted by molar-refractivity contribution is 9.10. The number of para-hydroxylation sites is 2. The molecule has 0 radical (unpaired) electrons. The number of hydrogen-bond donors (Lipinski definition) is 2. The summed E-state index contributed by atoms with van der Waals surface area (Å²) in [5.41, 5.74) is 7.82. The summed E-state index contributed by atoms with van der Waals surface area (Å²) >= 11 is 3.29. The quantitative estimate of drug-likeness (QED) is 0.810. The highest BCUT2D eigenvalue weighted by Crippen LogP contribution is 2.26. The van der Waals surface area contributed by atoms with E-state index in [-0.39, 0.29) is 12.4 Å². The Kier molecular flexibility index (Phi) is 4.80. The first-order valence-corrected chi connectivity index (χ1v) is 7.02. The molecule has 0 aliphatic rings. The van der Waals surface area contributed by atoms with E-state index in [2.05, 4.69) is 15.9 Å². The largest absolute Gasteiger partial charge is 0.480 e. The highest BCUT2D eigenvalue weighted by atomic mass is 79.9. The van der Waals surface area contributed by atoms with Crippen LogP contribution in [0.1, 0.15) is 5.56 Å². The van der Waals surface area contributed by atoms with Crippen molar-refractivity contribution in [2.24, 2.45) is 0 Å². The van der Waals surface area contributed by atoms with Crippen LogP contribution in [0.3, 0.4) is 0 Å². The number of rotatable bonds is 5. The zero-order valence-electron chi connectivity index (χ0n) is 11.1. The van der Waals surface area contributed by atoms with Gasteiger partial charge < -0.3 is 15.7 Å². The van der Waals surface area contributed by atoms with Gasteiger partial charge in [0.1, 0.15) is 12.4 Å². The monoisotopic (exact) mass is 352 g/mol. The number of aliphatic carboxylic acids is 1. The molecule has 6 heteroatoms. The molecule has 0 aliphatic heterocycles. The SMILES string of the molecule is Nc1ccccc1N(CC(=O)O)Cc1ccc(F)cc1Br. The van der Waals surface area contributed by atoms with E-state index in [1.807, 2.05) is 0 Å². The van der Waals surface area contributed by atoms with Crippen molar-refractivity contribution in [1.82, 2.24) is 0 Å². The van der Waals surface area contributed by atoms with Crippen LogP contribution < -0.4 is 10.6 Å². The minimum atomic E-state index is -0.962. The standard InChI is InChI=1S/C15H14BrFN2O2/c16-12-7-11(17)6-5-10(12)8-19(9-15(20)21)14-4-2-1-3-13(14)18/h1-7H,8-9,18H2,(H,20,21). The number of nitrogens with zero attached hydrogens (tertiary/aromatic N) is 1. The molecule has 0 spiro atoms. The minimum Gasteiger partial charge on any atom is -0.480 e. The maximum absolute atomic E-state index is 13.1. The van der Waals surface area contributed by atoms with Gasteiger partial charge in [-0.3, -0.25) is 4.79 Å². The molecule has 0 bridgehead atoms. The summed E-state index contributed by atoms with van der Waals surface area (Å²) in [6.07, 6.45) is 0. The van der Waals surface area contributed by atoms with Crippen LogP contribution in [-0.4, -0.2) is 17.6 Å². The lowest BCUT2D eigenvalue weighted by Gasteiger charge is -2.25. The second-order valence-corrected chi connectivity index (χ2v) is 5.40. The molecule has 0 amide bonds. The molecule has 0 heterocycles. The minimum absolute atomic E-state index is 0.196. The van der Waals surface area contributed by atoms with Crippen molar-refractivity contribution in [3.8, 4) is 0 Å². The fourth-order valence-corrected chi connectivity index (χ4v) is 2.50. The molecule has 0 saturated heterocycles. The average Bonchev–Trinajstić information content (AvgIpc) is 2.41. The van der Waals surface area contributed by atoms with Crippen molar-refractivity contribution in [3.63, 3.8) is 0 Å². The van der Waals surface area contributed by atoms with Crippen LogP contribution in [0.4, 0.5) is 15.8 Å². The molecule has 2 aromatic carbocycles. The highest BCUT2D eigenvalue weighted by Gasteiger charge is 2.15. The number of carboxylic acid groups (broad SMARTS) is 1. The van der Waals surface area contributed by atoms with Gasteiger partial charge in [0.2, 0.25) is 0 Å². The summed E-state index contributed by atoms with van der Waals surface area (Å²) in [6, 6.07) is 11.4. The third-order valence-electron chi connectivity index (χ3n) is 2.98. The van der Waals surface area contributed by atoms with E-state index in [0.717, 1.165) is 5.56 Å². The van der Waals surface area contributed by atoms with E-state index >= 15 is 0 Å². The van der Waals surface area contributed by atoms with Gasteiger partial charge in [-0.2, -0.15) is 0 Å². The van der Waals surface area contributed by atoms with E-state index < -0.39 is 5.97 Å². The summed E-state index contributed by atoms with van der Waals surface area (Å²) in [7, 11) is 0. The topological polar surface area (TPSA) is 66.6 Å². The number of carboxylic acids is 1. The normalized spacial score (nSPS) is 10.4. The number of halogens is 2. The Hall–Kier alpha value is -2.08. The first kappa shape index (κ1) is 15.3. The van der Waals surface area contributed by atoms with E-state index in [0.29, 0.717) is 22.4 Å². The third kappa shape index (κ3) is 3.95. The third-order valence-corrected chi connectivity index (χ3v) is 3.72. The van der Waals surface area contributed by atoms with Crippen LogP contribution in [0.2, 0.25) is 0 Å². The number of anilines is 2. The molecule has 0 atom stereocenters. The Morgan fingerprint density at radius 3 is 2.62 bits per heavy atom. The number of hydrogen-bond acceptors (Lipinski definition) is 3. The molecule has 2 rings (SSSR count). The van der Waals surface area contributed by atoms with Gasteiger partial charge in [-0.1, -0.05) is 34.1 Å². The second-order valence-electron chi connectivity index (χ2n) is 4.54. The molecule has 0 saturated carbocycles. The van der Waals surface area contributed by atoms with E-state index in [1.54, 1.807) is 35.2 Å². The zero-order valence-corrected chi connectivity index (χ0v) is 12.7. The summed E-state index contributed by atoms with van der Waals surface area (Å²) in [5.74, 6) is -1.31. The van der Waals surface area contributed by atoms with Gasteiger partial charge in [-0.15, -0.1) is 0 Å². The molecule has 3 N–H and O–H groups in total. The van der Waals surface area contributed by atoms with Gasteiger partial charge in [0.25, 0.3) is 0 Å². The van der Waals surface area contributed by atoms with Crippen molar-refractivity contribution >= 4 is 33.3 Å². The fourth-order valence-electron chi connectivity index (χ4n) is 2.02. The van der Waals surface area contributed by atoms with Gasteiger partial charge in [0, 0.05) is 11.0 Å². The van der Waals surface area contributed by atoms with E-state index in [9.17, 15) is 9.18 Å². The van der Waals surface area contributed by atoms with E-state index in [4.69, 9.17) is 10.8 Å². The number of benzene rings is 2. The molecular weight excluding hydrogens is 339 g/mol. The smallest absolute Gasteiger partial charge is 0.323 e. The molecule has 4 nitrogen and oxygen atoms in total. The zero-order chi connectivity index (χ0) is 15.4. The van der Waals surface area contributed by atoms with Crippen LogP contribution in [0.5, 0.6) is 0 Å². The van der Waals surface area contributed by atoms with Gasteiger partial charge in [0.15, 0.2) is 0 Å². The fraction of sp³-hybridized carbons (Fsp3) is 0.133. The molecule has 0 fully saturated rings. The summed E-state index contributed by atoms with van der Waals surface area (Å²) < 4.78 is 13.7. The molecular formula is C15H14BrFN2O2. The Bertz CT molecular complexity index is 664. The van der Waals surface area contributed by atoms with Crippen LogP contribution in [0, 0.1) is 5.82 Å². The Labute approximate surface area is 130 Å². The Balaban J connectivity index is 2.33. The first-order chi connectivity index (χ1) is 9.97. The lowest BCUT2D eigenvalue weighted by atomic mass is 10.1. The average molecular weight is 353 g/mol. The van der Waals surface area contributed by atoms with E-state index in [1.165, 1.54) is 12.1 Å². The number of nitrogen functional groups attached to an aromatic ring is 1. The van der Waals surface area contributed by atoms with Gasteiger partial charge in [0.05, 0.1) is 11.4 Å². The lowest BCUT2D eigenvalue weighted by molar-refractivity contribution is -0.135. The van der Waals surface area contributed by atoms with Crippen molar-refractivity contribution in [1.29, 1.82) is 0 Å². The number of nitrogens with two attached hydrogens (primary N) is 1. The van der Waals surface area contributed by atoms with Crippen molar-refractivity contribution in [3.05, 3.63) is 58.3 Å². The molecule has 0 unspecified atom stereocenters.